The minimum Gasteiger partial charge on any atom is -0.481 e. The first-order valence-electron chi connectivity index (χ1n) is 5.50. The minimum atomic E-state index is -0.740. The van der Waals surface area contributed by atoms with Crippen LogP contribution >= 0.6 is 11.3 Å². The Balaban J connectivity index is 2.09. The van der Waals surface area contributed by atoms with E-state index in [0.717, 1.165) is 23.7 Å². The second-order valence-corrected chi connectivity index (χ2v) is 5.39. The predicted octanol–water partition coefficient (Wildman–Crippen LogP) is 2.20. The zero-order chi connectivity index (χ0) is 11.7. The molecule has 16 heavy (non-hydrogen) atoms. The van der Waals surface area contributed by atoms with Gasteiger partial charge in [0.2, 0.25) is 0 Å². The molecule has 1 saturated carbocycles. The Morgan fingerprint density at radius 2 is 2.25 bits per heavy atom. The molecule has 1 aliphatic carbocycles. The molecular weight excluding hydrogens is 224 g/mol. The average molecular weight is 240 g/mol. The van der Waals surface area contributed by atoms with Crippen molar-refractivity contribution in [1.82, 2.24) is 4.98 Å². The fourth-order valence-corrected chi connectivity index (χ4v) is 2.62. The molecule has 1 fully saturated rings. The van der Waals surface area contributed by atoms with E-state index in [1.54, 1.807) is 11.3 Å². The number of aromatic nitrogens is 1. The van der Waals surface area contributed by atoms with Crippen molar-refractivity contribution in [2.75, 3.05) is 11.4 Å². The highest BCUT2D eigenvalue weighted by atomic mass is 32.1. The third kappa shape index (κ3) is 2.52. The van der Waals surface area contributed by atoms with Crippen molar-refractivity contribution in [1.29, 1.82) is 0 Å². The van der Waals surface area contributed by atoms with E-state index in [2.05, 4.69) is 16.8 Å². The molecule has 1 aromatic heterocycles. The van der Waals surface area contributed by atoms with Gasteiger partial charge in [0.15, 0.2) is 5.13 Å². The first-order valence-corrected chi connectivity index (χ1v) is 6.32. The van der Waals surface area contributed by atoms with Gasteiger partial charge in [-0.1, -0.05) is 0 Å². The molecule has 1 aliphatic rings. The van der Waals surface area contributed by atoms with Gasteiger partial charge in [-0.15, -0.1) is 11.3 Å². The van der Waals surface area contributed by atoms with Crippen LogP contribution in [0.15, 0.2) is 0 Å². The van der Waals surface area contributed by atoms with Gasteiger partial charge in [-0.3, -0.25) is 4.79 Å². The zero-order valence-electron chi connectivity index (χ0n) is 9.56. The number of thiazole rings is 1. The van der Waals surface area contributed by atoms with Crippen molar-refractivity contribution in [3.05, 3.63) is 10.6 Å². The van der Waals surface area contributed by atoms with Crippen LogP contribution in [0.5, 0.6) is 0 Å². The number of carboxylic acid groups (broad SMARTS) is 1. The number of rotatable bonds is 5. The fourth-order valence-electron chi connectivity index (χ4n) is 1.62. The molecule has 1 N–H and O–H groups in total. The van der Waals surface area contributed by atoms with E-state index < -0.39 is 5.97 Å². The fraction of sp³-hybridized carbons (Fsp3) is 0.636. The van der Waals surface area contributed by atoms with Gasteiger partial charge in [0, 0.05) is 17.5 Å². The summed E-state index contributed by atoms with van der Waals surface area (Å²) in [5.41, 5.74) is 1.06. The first kappa shape index (κ1) is 11.4. The van der Waals surface area contributed by atoms with Crippen molar-refractivity contribution in [2.24, 2.45) is 0 Å². The second-order valence-electron chi connectivity index (χ2n) is 4.21. The van der Waals surface area contributed by atoms with Gasteiger partial charge in [0.05, 0.1) is 12.1 Å². The lowest BCUT2D eigenvalue weighted by atomic mass is 10.4. The van der Waals surface area contributed by atoms with E-state index in [9.17, 15) is 4.79 Å². The molecule has 0 aromatic carbocycles. The molecule has 1 aromatic rings. The number of hydrogen-bond acceptors (Lipinski definition) is 4. The lowest BCUT2D eigenvalue weighted by Gasteiger charge is -2.20. The Morgan fingerprint density at radius 3 is 2.69 bits per heavy atom. The molecule has 4 nitrogen and oxygen atoms in total. The van der Waals surface area contributed by atoms with Crippen LogP contribution in [0.2, 0.25) is 0 Å². The van der Waals surface area contributed by atoms with Gasteiger partial charge >= 0.3 is 5.97 Å². The number of aliphatic carboxylic acids is 1. The SMILES string of the molecule is Cc1nc(N(CCC(=O)O)C2CC2)sc1C. The van der Waals surface area contributed by atoms with Gasteiger partial charge in [-0.05, 0) is 26.7 Å². The maximum Gasteiger partial charge on any atom is 0.305 e. The number of aryl methyl sites for hydroxylation is 2. The molecule has 0 unspecified atom stereocenters. The minimum absolute atomic E-state index is 0.189. The van der Waals surface area contributed by atoms with Crippen LogP contribution in [0.25, 0.3) is 0 Å². The molecule has 5 heteroatoms. The Kier molecular flexibility index (Phi) is 3.14. The van der Waals surface area contributed by atoms with E-state index in [0.29, 0.717) is 12.6 Å². The molecule has 88 valence electrons. The topological polar surface area (TPSA) is 53.4 Å². The summed E-state index contributed by atoms with van der Waals surface area (Å²) in [6.45, 7) is 4.63. The van der Waals surface area contributed by atoms with Crippen molar-refractivity contribution in [2.45, 2.75) is 39.2 Å². The summed E-state index contributed by atoms with van der Waals surface area (Å²) in [6.07, 6.45) is 2.52. The maximum absolute atomic E-state index is 10.6. The largest absolute Gasteiger partial charge is 0.481 e. The lowest BCUT2D eigenvalue weighted by Crippen LogP contribution is -2.28. The van der Waals surface area contributed by atoms with E-state index in [-0.39, 0.29) is 6.42 Å². The quantitative estimate of drug-likeness (QED) is 0.857. The summed E-state index contributed by atoms with van der Waals surface area (Å²) in [5, 5.41) is 9.71. The van der Waals surface area contributed by atoms with E-state index in [4.69, 9.17) is 5.11 Å². The molecule has 0 bridgehead atoms. The molecule has 1 heterocycles. The predicted molar refractivity (Wildman–Crippen MR) is 64.2 cm³/mol. The third-order valence-electron chi connectivity index (χ3n) is 2.82. The van der Waals surface area contributed by atoms with Crippen LogP contribution in [0.4, 0.5) is 5.13 Å². The number of carbonyl (C=O) groups is 1. The number of carboxylic acids is 1. The molecule has 0 amide bonds. The van der Waals surface area contributed by atoms with Crippen molar-refractivity contribution < 1.29 is 9.90 Å². The second kappa shape index (κ2) is 4.41. The third-order valence-corrected chi connectivity index (χ3v) is 3.93. The molecule has 0 spiro atoms. The van der Waals surface area contributed by atoms with Gasteiger partial charge in [0.25, 0.3) is 0 Å². The van der Waals surface area contributed by atoms with Crippen molar-refractivity contribution in [3.8, 4) is 0 Å². The van der Waals surface area contributed by atoms with E-state index >= 15 is 0 Å². The summed E-state index contributed by atoms with van der Waals surface area (Å²) in [6, 6.07) is 0.518. The Hall–Kier alpha value is -1.10. The molecule has 0 radical (unpaired) electrons. The highest BCUT2D eigenvalue weighted by Gasteiger charge is 2.31. The van der Waals surface area contributed by atoms with Crippen LogP contribution in [0.1, 0.15) is 29.8 Å². The number of hydrogen-bond donors (Lipinski definition) is 1. The average Bonchev–Trinajstić information content (AvgIpc) is 2.96. The van der Waals surface area contributed by atoms with Crippen LogP contribution in [0, 0.1) is 13.8 Å². The van der Waals surface area contributed by atoms with Gasteiger partial charge < -0.3 is 10.0 Å². The van der Waals surface area contributed by atoms with Gasteiger partial charge in [-0.2, -0.15) is 0 Å². The highest BCUT2D eigenvalue weighted by Crippen LogP contribution is 2.35. The smallest absolute Gasteiger partial charge is 0.305 e. The molecule has 0 atom stereocenters. The summed E-state index contributed by atoms with van der Waals surface area (Å²) in [7, 11) is 0. The van der Waals surface area contributed by atoms with Crippen molar-refractivity contribution >= 4 is 22.4 Å². The normalized spacial score (nSPS) is 15.1. The molecule has 0 saturated heterocycles. The Bertz CT molecular complexity index is 379. The van der Waals surface area contributed by atoms with Crippen LogP contribution in [-0.4, -0.2) is 28.6 Å². The van der Waals surface area contributed by atoms with Crippen LogP contribution < -0.4 is 4.90 Å². The van der Waals surface area contributed by atoms with Crippen LogP contribution in [0.3, 0.4) is 0 Å². The molecule has 0 aliphatic heterocycles. The summed E-state index contributed by atoms with van der Waals surface area (Å²) in [5.74, 6) is -0.740. The van der Waals surface area contributed by atoms with E-state index in [1.165, 1.54) is 4.88 Å². The summed E-state index contributed by atoms with van der Waals surface area (Å²) in [4.78, 5) is 18.5. The zero-order valence-corrected chi connectivity index (χ0v) is 10.4. The maximum atomic E-state index is 10.6. The van der Waals surface area contributed by atoms with Gasteiger partial charge in [0.1, 0.15) is 0 Å². The molecular formula is C11H16N2O2S. The molecule has 2 rings (SSSR count). The Morgan fingerprint density at radius 1 is 1.56 bits per heavy atom. The van der Waals surface area contributed by atoms with E-state index in [1.807, 2.05) is 6.92 Å². The Labute approximate surface area is 98.9 Å². The first-order chi connectivity index (χ1) is 7.58. The standard InChI is InChI=1S/C11H16N2O2S/c1-7-8(2)16-11(12-7)13(9-3-4-9)6-5-10(14)15/h9H,3-6H2,1-2H3,(H,14,15). The van der Waals surface area contributed by atoms with Crippen LogP contribution in [-0.2, 0) is 4.79 Å². The van der Waals surface area contributed by atoms with Crippen molar-refractivity contribution in [3.63, 3.8) is 0 Å². The number of anilines is 1. The number of nitrogens with zero attached hydrogens (tertiary/aromatic N) is 2. The highest BCUT2D eigenvalue weighted by molar-refractivity contribution is 7.15. The van der Waals surface area contributed by atoms with Gasteiger partial charge in [-0.25, -0.2) is 4.98 Å². The summed E-state index contributed by atoms with van der Waals surface area (Å²) >= 11 is 1.66. The lowest BCUT2D eigenvalue weighted by molar-refractivity contribution is -0.136. The summed E-state index contributed by atoms with van der Waals surface area (Å²) < 4.78 is 0. The monoisotopic (exact) mass is 240 g/mol.